The number of aromatic nitrogens is 1. The van der Waals surface area contributed by atoms with Crippen molar-refractivity contribution in [2.45, 2.75) is 39.4 Å². The molecule has 0 aliphatic rings. The van der Waals surface area contributed by atoms with Crippen molar-refractivity contribution in [2.75, 3.05) is 0 Å². The molecule has 0 saturated carbocycles. The summed E-state index contributed by atoms with van der Waals surface area (Å²) >= 11 is 0. The van der Waals surface area contributed by atoms with E-state index in [4.69, 9.17) is 8.22 Å². The SMILES string of the molecule is [2H]C([2H])([2H])C(CC)(c1cc[n+](C)c(-c2ccccc2C)c1)C([2H])([2H])[2H]. The summed E-state index contributed by atoms with van der Waals surface area (Å²) in [5.74, 6) is 0. The average Bonchev–Trinajstić information content (AvgIpc) is 2.48. The van der Waals surface area contributed by atoms with Gasteiger partial charge in [0.15, 0.2) is 6.20 Å². The molecule has 0 unspecified atom stereocenters. The first kappa shape index (κ1) is 7.84. The van der Waals surface area contributed by atoms with Gasteiger partial charge in [-0.2, -0.15) is 0 Å². The van der Waals surface area contributed by atoms with Crippen LogP contribution < -0.4 is 4.57 Å². The summed E-state index contributed by atoms with van der Waals surface area (Å²) in [6, 6.07) is 11.1. The lowest BCUT2D eigenvalue weighted by molar-refractivity contribution is -0.660. The van der Waals surface area contributed by atoms with Crippen LogP contribution in [0.4, 0.5) is 0 Å². The first-order chi connectivity index (χ1) is 11.5. The quantitative estimate of drug-likeness (QED) is 0.729. The summed E-state index contributed by atoms with van der Waals surface area (Å²) in [5, 5.41) is 0. The molecule has 0 aliphatic heterocycles. The lowest BCUT2D eigenvalue weighted by Gasteiger charge is -2.23. The molecule has 1 heterocycles. The van der Waals surface area contributed by atoms with Crippen LogP contribution in [0.15, 0.2) is 42.6 Å². The van der Waals surface area contributed by atoms with Gasteiger partial charge in [-0.1, -0.05) is 38.8 Å². The highest BCUT2D eigenvalue weighted by Crippen LogP contribution is 2.29. The van der Waals surface area contributed by atoms with Crippen molar-refractivity contribution in [1.82, 2.24) is 0 Å². The van der Waals surface area contributed by atoms with Crippen molar-refractivity contribution >= 4 is 0 Å². The number of hydrogen-bond donors (Lipinski definition) is 0. The summed E-state index contributed by atoms with van der Waals surface area (Å²) in [4.78, 5) is 0. The largest absolute Gasteiger partial charge is 0.212 e. The predicted octanol–water partition coefficient (Wildman–Crippen LogP) is 4.17. The van der Waals surface area contributed by atoms with E-state index in [1.165, 1.54) is 0 Å². The molecule has 0 atom stereocenters. The molecule has 1 heteroatoms. The Morgan fingerprint density at radius 1 is 1.21 bits per heavy atom. The summed E-state index contributed by atoms with van der Waals surface area (Å²) in [6.45, 7) is -1.69. The molecule has 0 fully saturated rings. The van der Waals surface area contributed by atoms with E-state index in [1.807, 2.05) is 42.8 Å². The lowest BCUT2D eigenvalue weighted by Crippen LogP contribution is -2.32. The van der Waals surface area contributed by atoms with Crippen molar-refractivity contribution in [3.63, 3.8) is 0 Å². The van der Waals surface area contributed by atoms with E-state index in [-0.39, 0.29) is 6.42 Å². The lowest BCUT2D eigenvalue weighted by atomic mass is 9.82. The fraction of sp³-hybridized carbons (Fsp3) is 0.389. The Balaban J connectivity index is 2.79. The Labute approximate surface area is 125 Å². The number of pyridine rings is 1. The van der Waals surface area contributed by atoms with Crippen LogP contribution in [-0.4, -0.2) is 0 Å². The fourth-order valence-corrected chi connectivity index (χ4v) is 2.17. The molecular formula is C18H24N+. The number of rotatable bonds is 3. The zero-order valence-corrected chi connectivity index (χ0v) is 11.7. The van der Waals surface area contributed by atoms with Gasteiger partial charge in [0.25, 0.3) is 0 Å². The maximum Gasteiger partial charge on any atom is 0.212 e. The molecule has 0 spiro atoms. The minimum atomic E-state index is -2.64. The number of hydrogen-bond acceptors (Lipinski definition) is 0. The molecule has 1 nitrogen and oxygen atoms in total. The molecule has 19 heavy (non-hydrogen) atoms. The minimum absolute atomic E-state index is 0.000932. The summed E-state index contributed by atoms with van der Waals surface area (Å²) in [5.41, 5.74) is 1.22. The molecule has 2 aromatic rings. The Morgan fingerprint density at radius 3 is 2.58 bits per heavy atom. The van der Waals surface area contributed by atoms with E-state index < -0.39 is 19.1 Å². The van der Waals surface area contributed by atoms with Gasteiger partial charge in [-0.15, -0.1) is 0 Å². The molecule has 0 amide bonds. The monoisotopic (exact) mass is 260 g/mol. The molecule has 0 bridgehead atoms. The third-order valence-electron chi connectivity index (χ3n) is 3.59. The Hall–Kier alpha value is -1.63. The zero-order valence-electron chi connectivity index (χ0n) is 17.7. The number of aryl methyl sites for hydroxylation is 2. The van der Waals surface area contributed by atoms with Crippen LogP contribution in [0.1, 0.15) is 46.4 Å². The van der Waals surface area contributed by atoms with Crippen LogP contribution in [0.25, 0.3) is 11.3 Å². The highest BCUT2D eigenvalue weighted by atomic mass is 14.9. The van der Waals surface area contributed by atoms with Crippen molar-refractivity contribution in [3.05, 3.63) is 53.7 Å². The van der Waals surface area contributed by atoms with Crippen molar-refractivity contribution < 1.29 is 12.8 Å². The topological polar surface area (TPSA) is 3.88 Å². The van der Waals surface area contributed by atoms with Crippen LogP contribution in [-0.2, 0) is 12.5 Å². The smallest absolute Gasteiger partial charge is 0.201 e. The van der Waals surface area contributed by atoms with Gasteiger partial charge in [-0.05, 0) is 36.0 Å². The van der Waals surface area contributed by atoms with E-state index in [0.717, 1.165) is 16.8 Å². The van der Waals surface area contributed by atoms with E-state index in [2.05, 4.69) is 0 Å². The zero-order chi connectivity index (χ0) is 19.0. The van der Waals surface area contributed by atoms with Gasteiger partial charge in [0.05, 0.1) is 0 Å². The standard InChI is InChI=1S/C18H24N/c1-6-18(3,4)15-11-12-19(5)17(13-15)16-10-8-7-9-14(16)2/h7-13H,6H2,1-5H3/q+1/i3D3,4D3. The molecule has 1 aromatic heterocycles. The van der Waals surface area contributed by atoms with Crippen LogP contribution in [0, 0.1) is 6.92 Å². The number of benzene rings is 1. The van der Waals surface area contributed by atoms with Gasteiger partial charge in [0.2, 0.25) is 5.69 Å². The predicted molar refractivity (Wildman–Crippen MR) is 81.1 cm³/mol. The Kier molecular flexibility index (Phi) is 2.13. The normalized spacial score (nSPS) is 17.6. The van der Waals surface area contributed by atoms with E-state index >= 15 is 0 Å². The van der Waals surface area contributed by atoms with Crippen molar-refractivity contribution in [1.29, 1.82) is 0 Å². The van der Waals surface area contributed by atoms with Gasteiger partial charge < -0.3 is 0 Å². The molecule has 0 aliphatic carbocycles. The summed E-state index contributed by atoms with van der Waals surface area (Å²) < 4.78 is 49.7. The van der Waals surface area contributed by atoms with Gasteiger partial charge >= 0.3 is 0 Å². The first-order valence-electron chi connectivity index (χ1n) is 9.52. The fourth-order valence-electron chi connectivity index (χ4n) is 2.17. The molecule has 0 radical (unpaired) electrons. The van der Waals surface area contributed by atoms with E-state index in [1.54, 1.807) is 25.3 Å². The average molecular weight is 260 g/mol. The van der Waals surface area contributed by atoms with Gasteiger partial charge in [0.1, 0.15) is 7.05 Å². The van der Waals surface area contributed by atoms with Gasteiger partial charge in [-0.3, -0.25) is 0 Å². The van der Waals surface area contributed by atoms with E-state index in [0.29, 0.717) is 5.56 Å². The third kappa shape index (κ3) is 2.70. The summed E-state index contributed by atoms with van der Waals surface area (Å²) in [7, 11) is 1.86. The minimum Gasteiger partial charge on any atom is -0.201 e. The Morgan fingerprint density at radius 2 is 1.95 bits per heavy atom. The van der Waals surface area contributed by atoms with Crippen LogP contribution in [0.3, 0.4) is 0 Å². The van der Waals surface area contributed by atoms with E-state index in [9.17, 15) is 0 Å². The second-order valence-electron chi connectivity index (χ2n) is 4.99. The summed E-state index contributed by atoms with van der Waals surface area (Å²) in [6.07, 6.45) is 1.74. The first-order valence-corrected chi connectivity index (χ1v) is 6.52. The van der Waals surface area contributed by atoms with Gasteiger partial charge in [0, 0.05) is 25.9 Å². The second kappa shape index (κ2) is 5.16. The molecule has 1 aromatic carbocycles. The molecular weight excluding hydrogens is 230 g/mol. The Bertz CT molecular complexity index is 747. The van der Waals surface area contributed by atoms with Gasteiger partial charge in [-0.25, -0.2) is 4.57 Å². The maximum absolute atomic E-state index is 7.97. The number of nitrogens with zero attached hydrogens (tertiary/aromatic N) is 1. The maximum atomic E-state index is 7.97. The highest BCUT2D eigenvalue weighted by molar-refractivity contribution is 5.61. The van der Waals surface area contributed by atoms with Crippen LogP contribution in [0.5, 0.6) is 0 Å². The van der Waals surface area contributed by atoms with Crippen LogP contribution >= 0.6 is 0 Å². The highest BCUT2D eigenvalue weighted by Gasteiger charge is 2.22. The van der Waals surface area contributed by atoms with Crippen molar-refractivity contribution in [3.8, 4) is 11.3 Å². The van der Waals surface area contributed by atoms with Crippen molar-refractivity contribution in [2.24, 2.45) is 7.05 Å². The second-order valence-corrected chi connectivity index (χ2v) is 4.99. The molecule has 0 saturated heterocycles. The molecule has 2 rings (SSSR count). The molecule has 0 N–H and O–H groups in total. The third-order valence-corrected chi connectivity index (χ3v) is 3.59. The van der Waals surface area contributed by atoms with Crippen LogP contribution in [0.2, 0.25) is 0 Å². The molecule has 100 valence electrons.